The minimum Gasteiger partial charge on any atom is -0.497 e. The predicted molar refractivity (Wildman–Crippen MR) is 156 cm³/mol. The summed E-state index contributed by atoms with van der Waals surface area (Å²) in [5.74, 6) is -0.964. The monoisotopic (exact) mass is 581 g/mol. The molecule has 1 aliphatic rings. The fourth-order valence-electron chi connectivity index (χ4n) is 5.09. The molecule has 0 spiro atoms. The summed E-state index contributed by atoms with van der Waals surface area (Å²) in [6.07, 6.45) is 4.92. The number of carbonyl (C=O) groups excluding carboxylic acids is 2. The second kappa shape index (κ2) is 13.6. The maximum absolute atomic E-state index is 14.9. The molecule has 0 aromatic heterocycles. The third kappa shape index (κ3) is 8.07. The number of hydrogen-bond acceptors (Lipinski definition) is 5. The van der Waals surface area contributed by atoms with Gasteiger partial charge in [-0.15, -0.1) is 0 Å². The first-order valence-electron chi connectivity index (χ1n) is 13.6. The first-order valence-corrected chi connectivity index (χ1v) is 15.5. The number of nitrogens with one attached hydrogen (secondary N) is 1. The SMILES string of the molecule is COc1ccc(N(CC(=O)N(Cc2ccccc2F)C(Cc2ccccc2)C(=O)NC2CCCC2)S(C)(=O)=O)cc1. The van der Waals surface area contributed by atoms with Gasteiger partial charge in [0.05, 0.1) is 19.1 Å². The van der Waals surface area contributed by atoms with Crippen molar-refractivity contribution in [2.45, 2.75) is 50.7 Å². The van der Waals surface area contributed by atoms with E-state index in [4.69, 9.17) is 4.74 Å². The van der Waals surface area contributed by atoms with Crippen LogP contribution in [0.4, 0.5) is 10.1 Å². The lowest BCUT2D eigenvalue weighted by Crippen LogP contribution is -2.54. The quantitative estimate of drug-likeness (QED) is 0.344. The van der Waals surface area contributed by atoms with Gasteiger partial charge in [0.2, 0.25) is 21.8 Å². The number of halogens is 1. The van der Waals surface area contributed by atoms with Gasteiger partial charge in [-0.25, -0.2) is 12.8 Å². The van der Waals surface area contributed by atoms with Crippen molar-refractivity contribution >= 4 is 27.5 Å². The smallest absolute Gasteiger partial charge is 0.244 e. The van der Waals surface area contributed by atoms with E-state index in [9.17, 15) is 22.4 Å². The van der Waals surface area contributed by atoms with Crippen LogP contribution in [-0.2, 0) is 32.6 Å². The van der Waals surface area contributed by atoms with Gasteiger partial charge in [0, 0.05) is 24.6 Å². The molecule has 1 atom stereocenters. The largest absolute Gasteiger partial charge is 0.497 e. The summed E-state index contributed by atoms with van der Waals surface area (Å²) in [5, 5.41) is 3.09. The average Bonchev–Trinajstić information content (AvgIpc) is 3.47. The minimum absolute atomic E-state index is 0.00185. The van der Waals surface area contributed by atoms with Gasteiger partial charge in [-0.3, -0.25) is 13.9 Å². The number of methoxy groups -OCH3 is 1. The molecule has 3 aromatic carbocycles. The Morgan fingerprint density at radius 1 is 0.976 bits per heavy atom. The zero-order valence-electron chi connectivity index (χ0n) is 23.3. The van der Waals surface area contributed by atoms with E-state index in [1.807, 2.05) is 30.3 Å². The number of carbonyl (C=O) groups is 2. The summed E-state index contributed by atoms with van der Waals surface area (Å²) < 4.78 is 46.8. The highest BCUT2D eigenvalue weighted by molar-refractivity contribution is 7.92. The van der Waals surface area contributed by atoms with Crippen LogP contribution in [0.1, 0.15) is 36.8 Å². The zero-order chi connectivity index (χ0) is 29.4. The van der Waals surface area contributed by atoms with E-state index in [-0.39, 0.29) is 36.2 Å². The predicted octanol–water partition coefficient (Wildman–Crippen LogP) is 4.30. The number of anilines is 1. The van der Waals surface area contributed by atoms with E-state index in [1.54, 1.807) is 42.5 Å². The third-order valence-corrected chi connectivity index (χ3v) is 8.45. The van der Waals surface area contributed by atoms with Crippen molar-refractivity contribution in [2.75, 3.05) is 24.2 Å². The fourth-order valence-corrected chi connectivity index (χ4v) is 5.94. The molecule has 41 heavy (non-hydrogen) atoms. The summed E-state index contributed by atoms with van der Waals surface area (Å²) >= 11 is 0. The highest BCUT2D eigenvalue weighted by Crippen LogP contribution is 2.24. The van der Waals surface area contributed by atoms with Crippen molar-refractivity contribution in [3.05, 3.63) is 95.8 Å². The number of benzene rings is 3. The van der Waals surface area contributed by atoms with Gasteiger partial charge in [0.15, 0.2) is 0 Å². The molecule has 1 N–H and O–H groups in total. The molecular formula is C31H36FN3O5S. The van der Waals surface area contributed by atoms with Gasteiger partial charge in [0.25, 0.3) is 0 Å². The minimum atomic E-state index is -3.90. The van der Waals surface area contributed by atoms with E-state index in [0.717, 1.165) is 41.8 Å². The van der Waals surface area contributed by atoms with Gasteiger partial charge in [-0.05, 0) is 48.7 Å². The van der Waals surface area contributed by atoms with Crippen LogP contribution >= 0.6 is 0 Å². The molecular weight excluding hydrogens is 545 g/mol. The lowest BCUT2D eigenvalue weighted by atomic mass is 10.0. The van der Waals surface area contributed by atoms with Gasteiger partial charge in [-0.2, -0.15) is 0 Å². The Kier molecular flexibility index (Phi) is 9.99. The first-order chi connectivity index (χ1) is 19.7. The van der Waals surface area contributed by atoms with Crippen LogP contribution in [0.25, 0.3) is 0 Å². The topological polar surface area (TPSA) is 96.0 Å². The molecule has 218 valence electrons. The van der Waals surface area contributed by atoms with E-state index in [0.29, 0.717) is 5.75 Å². The highest BCUT2D eigenvalue weighted by Gasteiger charge is 2.34. The molecule has 8 nitrogen and oxygen atoms in total. The molecule has 4 rings (SSSR count). The Bertz CT molecular complexity index is 1430. The van der Waals surface area contributed by atoms with Crippen molar-refractivity contribution in [2.24, 2.45) is 0 Å². The fraction of sp³-hybridized carbons (Fsp3) is 0.355. The standard InChI is InChI=1S/C31H36FN3O5S/c1-40-27-18-16-26(17-19-27)35(41(2,38)39)22-30(36)34(21-24-12-6-9-15-28(24)32)29(20-23-10-4-3-5-11-23)31(37)33-25-13-7-8-14-25/h3-6,9-12,15-19,25,29H,7-8,13-14,20-22H2,1-2H3,(H,33,37). The van der Waals surface area contributed by atoms with Crippen LogP contribution in [0.5, 0.6) is 5.75 Å². The summed E-state index contributed by atoms with van der Waals surface area (Å²) in [6.45, 7) is -0.775. The molecule has 1 saturated carbocycles. The lowest BCUT2D eigenvalue weighted by Gasteiger charge is -2.34. The molecule has 0 heterocycles. The van der Waals surface area contributed by atoms with Gasteiger partial charge in [0.1, 0.15) is 24.2 Å². The Morgan fingerprint density at radius 2 is 1.61 bits per heavy atom. The molecule has 0 radical (unpaired) electrons. The Balaban J connectivity index is 1.72. The van der Waals surface area contributed by atoms with E-state index in [2.05, 4.69) is 5.32 Å². The molecule has 0 saturated heterocycles. The lowest BCUT2D eigenvalue weighted by molar-refractivity contribution is -0.140. The Labute approximate surface area is 241 Å². The van der Waals surface area contributed by atoms with E-state index >= 15 is 0 Å². The van der Waals surface area contributed by atoms with Crippen LogP contribution in [-0.4, -0.2) is 57.1 Å². The highest BCUT2D eigenvalue weighted by atomic mass is 32.2. The number of rotatable bonds is 12. The molecule has 0 bridgehead atoms. The van der Waals surface area contributed by atoms with Crippen LogP contribution in [0.15, 0.2) is 78.9 Å². The number of nitrogens with zero attached hydrogens (tertiary/aromatic N) is 2. The van der Waals surface area contributed by atoms with Crippen molar-refractivity contribution in [1.82, 2.24) is 10.2 Å². The summed E-state index contributed by atoms with van der Waals surface area (Å²) in [4.78, 5) is 29.2. The molecule has 0 aliphatic heterocycles. The van der Waals surface area contributed by atoms with Crippen molar-refractivity contribution in [3.63, 3.8) is 0 Å². The summed E-state index contributed by atoms with van der Waals surface area (Å²) in [6, 6.07) is 20.6. The summed E-state index contributed by atoms with van der Waals surface area (Å²) in [7, 11) is -2.40. The van der Waals surface area contributed by atoms with Crippen LogP contribution < -0.4 is 14.4 Å². The molecule has 1 aliphatic carbocycles. The average molecular weight is 582 g/mol. The molecule has 10 heteroatoms. The molecule has 2 amide bonds. The number of ether oxygens (including phenoxy) is 1. The Morgan fingerprint density at radius 3 is 2.22 bits per heavy atom. The van der Waals surface area contributed by atoms with Crippen molar-refractivity contribution in [1.29, 1.82) is 0 Å². The van der Waals surface area contributed by atoms with E-state index < -0.39 is 34.3 Å². The normalized spacial score (nSPS) is 14.3. The second-order valence-corrected chi connectivity index (χ2v) is 12.2. The van der Waals surface area contributed by atoms with Gasteiger partial charge in [-0.1, -0.05) is 61.4 Å². The maximum Gasteiger partial charge on any atom is 0.244 e. The summed E-state index contributed by atoms with van der Waals surface area (Å²) in [5.41, 5.74) is 1.31. The Hall–Kier alpha value is -3.92. The van der Waals surface area contributed by atoms with Crippen molar-refractivity contribution in [3.8, 4) is 5.75 Å². The molecule has 1 fully saturated rings. The van der Waals surface area contributed by atoms with E-state index in [1.165, 1.54) is 18.1 Å². The van der Waals surface area contributed by atoms with Gasteiger partial charge < -0.3 is 15.0 Å². The number of sulfonamides is 1. The maximum atomic E-state index is 14.9. The van der Waals surface area contributed by atoms with Crippen LogP contribution in [0.3, 0.4) is 0 Å². The third-order valence-electron chi connectivity index (χ3n) is 7.31. The first kappa shape index (κ1) is 30.0. The zero-order valence-corrected chi connectivity index (χ0v) is 24.1. The van der Waals surface area contributed by atoms with Gasteiger partial charge >= 0.3 is 0 Å². The number of hydrogen-bond donors (Lipinski definition) is 1. The van der Waals surface area contributed by atoms with Crippen LogP contribution in [0, 0.1) is 5.82 Å². The number of amides is 2. The molecule has 1 unspecified atom stereocenters. The van der Waals surface area contributed by atoms with Crippen molar-refractivity contribution < 1.29 is 27.1 Å². The second-order valence-electron chi connectivity index (χ2n) is 10.3. The molecule has 3 aromatic rings. The van der Waals surface area contributed by atoms with Crippen LogP contribution in [0.2, 0.25) is 0 Å².